The van der Waals surface area contributed by atoms with Gasteiger partial charge in [-0.25, -0.2) is 9.59 Å². The molecule has 0 fully saturated rings. The summed E-state index contributed by atoms with van der Waals surface area (Å²) in [5.74, 6) is -0.454. The third-order valence-electron chi connectivity index (χ3n) is 2.79. The molecular formula is C14H14N2O4. The topological polar surface area (TPSA) is 82.8 Å². The van der Waals surface area contributed by atoms with Gasteiger partial charge in [0.05, 0.1) is 24.1 Å². The minimum absolute atomic E-state index is 0.0724. The number of rotatable bonds is 4. The van der Waals surface area contributed by atoms with Crippen LogP contribution in [0.5, 0.6) is 0 Å². The molecule has 1 aromatic carbocycles. The van der Waals surface area contributed by atoms with Crippen LogP contribution in [0, 0.1) is 0 Å². The van der Waals surface area contributed by atoms with E-state index in [1.54, 1.807) is 30.3 Å². The number of aromatic carboxylic acids is 1. The predicted octanol–water partition coefficient (Wildman–Crippen LogP) is 2.32. The zero-order valence-electron chi connectivity index (χ0n) is 10.9. The fourth-order valence-corrected chi connectivity index (χ4v) is 1.75. The van der Waals surface area contributed by atoms with Gasteiger partial charge < -0.3 is 14.8 Å². The fraction of sp³-hybridized carbons (Fsp3) is 0.143. The molecule has 0 aliphatic carbocycles. The second-order valence-electron chi connectivity index (χ2n) is 4.12. The number of carboxylic acid groups (broad SMARTS) is 1. The smallest absolute Gasteiger partial charge is 0.337 e. The van der Waals surface area contributed by atoms with Gasteiger partial charge in [-0.3, -0.25) is 4.90 Å². The van der Waals surface area contributed by atoms with Crippen molar-refractivity contribution in [3.63, 3.8) is 0 Å². The molecule has 0 aliphatic heterocycles. The van der Waals surface area contributed by atoms with Crippen molar-refractivity contribution in [1.82, 2.24) is 5.32 Å². The van der Waals surface area contributed by atoms with Gasteiger partial charge in [0.1, 0.15) is 5.76 Å². The van der Waals surface area contributed by atoms with Gasteiger partial charge >= 0.3 is 12.0 Å². The second kappa shape index (κ2) is 5.92. The van der Waals surface area contributed by atoms with Crippen molar-refractivity contribution in [2.75, 3.05) is 11.9 Å². The summed E-state index contributed by atoms with van der Waals surface area (Å²) in [7, 11) is 1.51. The normalized spacial score (nSPS) is 10.1. The van der Waals surface area contributed by atoms with Crippen molar-refractivity contribution >= 4 is 17.7 Å². The molecule has 1 aromatic heterocycles. The summed E-state index contributed by atoms with van der Waals surface area (Å²) in [6.07, 6.45) is 1.52. The first kappa shape index (κ1) is 13.7. The number of carbonyl (C=O) groups excluding carboxylic acids is 1. The minimum Gasteiger partial charge on any atom is -0.478 e. The van der Waals surface area contributed by atoms with Crippen LogP contribution < -0.4 is 10.2 Å². The summed E-state index contributed by atoms with van der Waals surface area (Å²) in [5, 5.41) is 11.8. The molecule has 0 unspecified atom stereocenters. The Labute approximate surface area is 115 Å². The summed E-state index contributed by atoms with van der Waals surface area (Å²) < 4.78 is 5.10. The van der Waals surface area contributed by atoms with Crippen LogP contribution in [0.25, 0.3) is 0 Å². The molecule has 2 N–H and O–H groups in total. The van der Waals surface area contributed by atoms with Crippen molar-refractivity contribution in [2.24, 2.45) is 0 Å². The van der Waals surface area contributed by atoms with E-state index in [4.69, 9.17) is 9.52 Å². The summed E-state index contributed by atoms with van der Waals surface area (Å²) in [6, 6.07) is 9.38. The Morgan fingerprint density at radius 1 is 1.25 bits per heavy atom. The van der Waals surface area contributed by atoms with Crippen molar-refractivity contribution in [3.05, 3.63) is 54.0 Å². The number of amides is 2. The molecule has 0 aliphatic rings. The third kappa shape index (κ3) is 2.97. The van der Waals surface area contributed by atoms with E-state index in [0.717, 1.165) is 0 Å². The van der Waals surface area contributed by atoms with Gasteiger partial charge in [0.15, 0.2) is 0 Å². The second-order valence-corrected chi connectivity index (χ2v) is 4.12. The van der Waals surface area contributed by atoms with E-state index in [1.165, 1.54) is 24.3 Å². The Bertz CT molecular complexity index is 607. The molecule has 2 rings (SSSR count). The van der Waals surface area contributed by atoms with Gasteiger partial charge in [-0.05, 0) is 24.3 Å². The molecule has 2 aromatic rings. The predicted molar refractivity (Wildman–Crippen MR) is 72.7 cm³/mol. The molecule has 0 radical (unpaired) electrons. The SMILES string of the molecule is CN(C(=O)NCc1ccco1)c1ccccc1C(=O)O. The molecule has 104 valence electrons. The fourth-order valence-electron chi connectivity index (χ4n) is 1.75. The maximum atomic E-state index is 12.0. The highest BCUT2D eigenvalue weighted by Gasteiger charge is 2.17. The lowest BCUT2D eigenvalue weighted by atomic mass is 10.1. The van der Waals surface area contributed by atoms with Gasteiger partial charge in [-0.2, -0.15) is 0 Å². The van der Waals surface area contributed by atoms with Crippen LogP contribution in [0.15, 0.2) is 47.1 Å². The molecule has 2 amide bonds. The molecular weight excluding hydrogens is 260 g/mol. The lowest BCUT2D eigenvalue weighted by Crippen LogP contribution is -2.37. The maximum Gasteiger partial charge on any atom is 0.337 e. The lowest BCUT2D eigenvalue weighted by Gasteiger charge is -2.19. The molecule has 1 heterocycles. The van der Waals surface area contributed by atoms with E-state index in [-0.39, 0.29) is 12.1 Å². The molecule has 0 saturated carbocycles. The number of nitrogens with one attached hydrogen (secondary N) is 1. The molecule has 0 saturated heterocycles. The molecule has 20 heavy (non-hydrogen) atoms. The van der Waals surface area contributed by atoms with Gasteiger partial charge in [-0.15, -0.1) is 0 Å². The largest absolute Gasteiger partial charge is 0.478 e. The van der Waals surface area contributed by atoms with Crippen LogP contribution in [-0.4, -0.2) is 24.2 Å². The molecule has 0 atom stereocenters. The average Bonchev–Trinajstić information content (AvgIpc) is 2.97. The van der Waals surface area contributed by atoms with Crippen LogP contribution in [-0.2, 0) is 6.54 Å². The van der Waals surface area contributed by atoms with E-state index in [1.807, 2.05) is 0 Å². The van der Waals surface area contributed by atoms with Crippen LogP contribution in [0.3, 0.4) is 0 Å². The first-order chi connectivity index (χ1) is 9.59. The molecule has 6 heteroatoms. The van der Waals surface area contributed by atoms with E-state index in [0.29, 0.717) is 11.4 Å². The van der Waals surface area contributed by atoms with E-state index < -0.39 is 12.0 Å². The molecule has 0 spiro atoms. The number of nitrogens with zero attached hydrogens (tertiary/aromatic N) is 1. The Balaban J connectivity index is 2.08. The third-order valence-corrected chi connectivity index (χ3v) is 2.79. The van der Waals surface area contributed by atoms with Gasteiger partial charge in [0, 0.05) is 7.05 Å². The maximum absolute atomic E-state index is 12.0. The van der Waals surface area contributed by atoms with Crippen LogP contribution >= 0.6 is 0 Å². The summed E-state index contributed by atoms with van der Waals surface area (Å²) in [5.41, 5.74) is 0.403. The Morgan fingerprint density at radius 3 is 2.65 bits per heavy atom. The first-order valence-corrected chi connectivity index (χ1v) is 5.96. The zero-order valence-corrected chi connectivity index (χ0v) is 10.9. The molecule has 6 nitrogen and oxygen atoms in total. The zero-order chi connectivity index (χ0) is 14.5. The number of anilines is 1. The van der Waals surface area contributed by atoms with Crippen LogP contribution in [0.4, 0.5) is 10.5 Å². The van der Waals surface area contributed by atoms with Gasteiger partial charge in [-0.1, -0.05) is 12.1 Å². The Hall–Kier alpha value is -2.76. The number of furan rings is 1. The highest BCUT2D eigenvalue weighted by molar-refractivity contribution is 6.01. The number of carbonyl (C=O) groups is 2. The van der Waals surface area contributed by atoms with E-state index >= 15 is 0 Å². The quantitative estimate of drug-likeness (QED) is 0.896. The first-order valence-electron chi connectivity index (χ1n) is 5.96. The number of hydrogen-bond acceptors (Lipinski definition) is 3. The Kier molecular flexibility index (Phi) is 4.05. The van der Waals surface area contributed by atoms with E-state index in [2.05, 4.69) is 5.32 Å². The minimum atomic E-state index is -1.08. The lowest BCUT2D eigenvalue weighted by molar-refractivity contribution is 0.0697. The summed E-state index contributed by atoms with van der Waals surface area (Å²) >= 11 is 0. The number of hydrogen-bond donors (Lipinski definition) is 2. The van der Waals surface area contributed by atoms with Crippen molar-refractivity contribution in [3.8, 4) is 0 Å². The highest BCUT2D eigenvalue weighted by Crippen LogP contribution is 2.19. The van der Waals surface area contributed by atoms with Crippen molar-refractivity contribution in [1.29, 1.82) is 0 Å². The van der Waals surface area contributed by atoms with Crippen molar-refractivity contribution in [2.45, 2.75) is 6.54 Å². The molecule has 0 bridgehead atoms. The average molecular weight is 274 g/mol. The highest BCUT2D eigenvalue weighted by atomic mass is 16.4. The summed E-state index contributed by atoms with van der Waals surface area (Å²) in [6.45, 7) is 0.241. The number of urea groups is 1. The van der Waals surface area contributed by atoms with Gasteiger partial charge in [0.2, 0.25) is 0 Å². The van der Waals surface area contributed by atoms with Gasteiger partial charge in [0.25, 0.3) is 0 Å². The standard InChI is InChI=1S/C14H14N2O4/c1-16(12-7-3-2-6-11(12)13(17)18)14(19)15-9-10-5-4-8-20-10/h2-8H,9H2,1H3,(H,15,19)(H,17,18). The number of para-hydroxylation sites is 1. The van der Waals surface area contributed by atoms with Crippen LogP contribution in [0.1, 0.15) is 16.1 Å². The number of benzene rings is 1. The summed E-state index contributed by atoms with van der Waals surface area (Å²) in [4.78, 5) is 24.4. The monoisotopic (exact) mass is 274 g/mol. The van der Waals surface area contributed by atoms with E-state index in [9.17, 15) is 9.59 Å². The number of carboxylic acids is 1. The van der Waals surface area contributed by atoms with Crippen LogP contribution in [0.2, 0.25) is 0 Å². The van der Waals surface area contributed by atoms with Crippen molar-refractivity contribution < 1.29 is 19.1 Å². The Morgan fingerprint density at radius 2 is 2.00 bits per heavy atom.